The summed E-state index contributed by atoms with van der Waals surface area (Å²) in [7, 11) is 1.77. The van der Waals surface area contributed by atoms with Crippen LogP contribution in [0.25, 0.3) is 0 Å². The van der Waals surface area contributed by atoms with Crippen LogP contribution in [-0.4, -0.2) is 19.3 Å². The van der Waals surface area contributed by atoms with Gasteiger partial charge in [-0.1, -0.05) is 24.1 Å². The molecule has 0 amide bonds. The molecule has 0 aliphatic rings. The Bertz CT molecular complexity index is 817. The zero-order valence-electron chi connectivity index (χ0n) is 13.2. The Labute approximate surface area is 146 Å². The lowest BCUT2D eigenvalue weighted by atomic mass is 10.1. The minimum absolute atomic E-state index is 0.0299. The van der Waals surface area contributed by atoms with E-state index in [0.717, 1.165) is 11.3 Å². The van der Waals surface area contributed by atoms with Gasteiger partial charge in [0.15, 0.2) is 0 Å². The van der Waals surface area contributed by atoms with Gasteiger partial charge in [0.25, 0.3) is 0 Å². The van der Waals surface area contributed by atoms with Gasteiger partial charge >= 0.3 is 0 Å². The lowest BCUT2D eigenvalue weighted by Gasteiger charge is -2.11. The van der Waals surface area contributed by atoms with Crippen LogP contribution in [-0.2, 0) is 0 Å². The second-order valence-electron chi connectivity index (χ2n) is 5.01. The summed E-state index contributed by atoms with van der Waals surface area (Å²) in [5.41, 5.74) is 3.04. The van der Waals surface area contributed by atoms with E-state index < -0.39 is 5.83 Å². The summed E-state index contributed by atoms with van der Waals surface area (Å²) in [6.07, 6.45) is 0. The fourth-order valence-electron chi connectivity index (χ4n) is 2.01. The normalized spacial score (nSPS) is 9.62. The molecule has 0 bridgehead atoms. The van der Waals surface area contributed by atoms with E-state index in [0.29, 0.717) is 16.3 Å². The molecule has 0 fully saturated rings. The summed E-state index contributed by atoms with van der Waals surface area (Å²) < 4.78 is 12.8. The molecule has 0 aliphatic heterocycles. The van der Waals surface area contributed by atoms with Gasteiger partial charge in [-0.2, -0.15) is 0 Å². The zero-order chi connectivity index (χ0) is 17.5. The third-order valence-electron chi connectivity index (χ3n) is 3.22. The Morgan fingerprint density at radius 1 is 1.25 bits per heavy atom. The molecule has 0 aliphatic carbocycles. The molecular weight excluding hydrogens is 325 g/mol. The van der Waals surface area contributed by atoms with Crippen LogP contribution < -0.4 is 10.6 Å². The third-order valence-corrected chi connectivity index (χ3v) is 3.47. The largest absolute Gasteiger partial charge is 0.388 e. The standard InChI is InChI=1S/C19H17ClFN3/c1-13(21)12-24-16-8-10-19(23-2)17(11-16)18(22)9-5-14-3-6-15(20)7-4-14/h3-4,6-8,10-11,22-24H,1,12H2,2H3. The molecule has 3 N–H and O–H groups in total. The number of nitrogens with one attached hydrogen (secondary N) is 3. The summed E-state index contributed by atoms with van der Waals surface area (Å²) in [6, 6.07) is 12.5. The number of rotatable bonds is 5. The van der Waals surface area contributed by atoms with Gasteiger partial charge in [-0.3, -0.25) is 5.41 Å². The summed E-state index contributed by atoms with van der Waals surface area (Å²) in [4.78, 5) is 0. The van der Waals surface area contributed by atoms with Crippen molar-refractivity contribution in [1.29, 1.82) is 5.41 Å². The van der Waals surface area contributed by atoms with Gasteiger partial charge in [0, 0.05) is 34.6 Å². The van der Waals surface area contributed by atoms with Crippen LogP contribution in [0, 0.1) is 17.3 Å². The summed E-state index contributed by atoms with van der Waals surface area (Å²) >= 11 is 5.84. The first-order valence-corrected chi connectivity index (χ1v) is 7.63. The van der Waals surface area contributed by atoms with Crippen molar-refractivity contribution in [1.82, 2.24) is 0 Å². The molecule has 0 saturated heterocycles. The number of anilines is 2. The van der Waals surface area contributed by atoms with Crippen LogP contribution in [0.15, 0.2) is 54.9 Å². The van der Waals surface area contributed by atoms with E-state index in [2.05, 4.69) is 29.1 Å². The van der Waals surface area contributed by atoms with Crippen molar-refractivity contribution in [2.75, 3.05) is 24.2 Å². The summed E-state index contributed by atoms with van der Waals surface area (Å²) in [5.74, 6) is 5.32. The molecule has 5 heteroatoms. The molecule has 3 nitrogen and oxygen atoms in total. The molecule has 2 rings (SSSR count). The minimum Gasteiger partial charge on any atom is -0.388 e. The maximum atomic E-state index is 12.8. The Morgan fingerprint density at radius 3 is 2.58 bits per heavy atom. The van der Waals surface area contributed by atoms with Crippen LogP contribution in [0.2, 0.25) is 5.02 Å². The molecule has 0 unspecified atom stereocenters. The van der Waals surface area contributed by atoms with Crippen LogP contribution in [0.4, 0.5) is 15.8 Å². The van der Waals surface area contributed by atoms with E-state index in [1.165, 1.54) is 0 Å². The van der Waals surface area contributed by atoms with Crippen molar-refractivity contribution < 1.29 is 4.39 Å². The Morgan fingerprint density at radius 2 is 1.96 bits per heavy atom. The average molecular weight is 342 g/mol. The van der Waals surface area contributed by atoms with E-state index in [1.54, 1.807) is 43.4 Å². The second-order valence-corrected chi connectivity index (χ2v) is 5.45. The molecule has 0 spiro atoms. The predicted molar refractivity (Wildman–Crippen MR) is 99.9 cm³/mol. The fraction of sp³-hybridized carbons (Fsp3) is 0.105. The van der Waals surface area contributed by atoms with Gasteiger partial charge in [-0.05, 0) is 48.4 Å². The highest BCUT2D eigenvalue weighted by Gasteiger charge is 2.07. The molecule has 122 valence electrons. The lowest BCUT2D eigenvalue weighted by molar-refractivity contribution is 0.631. The van der Waals surface area contributed by atoms with Crippen molar-refractivity contribution in [3.63, 3.8) is 0 Å². The monoisotopic (exact) mass is 341 g/mol. The number of hydrogen-bond acceptors (Lipinski definition) is 3. The van der Waals surface area contributed by atoms with Gasteiger partial charge < -0.3 is 10.6 Å². The summed E-state index contributed by atoms with van der Waals surface area (Å²) in [5, 5.41) is 14.8. The molecule has 2 aromatic carbocycles. The minimum atomic E-state index is -0.452. The van der Waals surface area contributed by atoms with Gasteiger partial charge in [-0.15, -0.1) is 0 Å². The molecule has 2 aromatic rings. The number of halogens is 2. The quantitative estimate of drug-likeness (QED) is 0.545. The van der Waals surface area contributed by atoms with Crippen LogP contribution in [0.5, 0.6) is 0 Å². The zero-order valence-corrected chi connectivity index (χ0v) is 14.0. The lowest BCUT2D eigenvalue weighted by Crippen LogP contribution is -2.06. The highest BCUT2D eigenvalue weighted by atomic mass is 35.5. The van der Waals surface area contributed by atoms with Crippen molar-refractivity contribution in [2.45, 2.75) is 0 Å². The van der Waals surface area contributed by atoms with Crippen molar-refractivity contribution in [3.8, 4) is 11.8 Å². The van der Waals surface area contributed by atoms with E-state index in [1.807, 2.05) is 6.07 Å². The number of hydrogen-bond donors (Lipinski definition) is 3. The highest BCUT2D eigenvalue weighted by Crippen LogP contribution is 2.21. The highest BCUT2D eigenvalue weighted by molar-refractivity contribution is 6.30. The van der Waals surface area contributed by atoms with Gasteiger partial charge in [0.05, 0.1) is 6.54 Å². The molecule has 0 saturated carbocycles. The molecular formula is C19H17ClFN3. The first-order valence-electron chi connectivity index (χ1n) is 7.25. The fourth-order valence-corrected chi connectivity index (χ4v) is 2.14. The van der Waals surface area contributed by atoms with E-state index in [9.17, 15) is 4.39 Å². The van der Waals surface area contributed by atoms with Gasteiger partial charge in [-0.25, -0.2) is 4.39 Å². The average Bonchev–Trinajstić information content (AvgIpc) is 2.59. The van der Waals surface area contributed by atoms with Gasteiger partial charge in [0.2, 0.25) is 0 Å². The maximum Gasteiger partial charge on any atom is 0.114 e. The van der Waals surface area contributed by atoms with E-state index in [4.69, 9.17) is 17.0 Å². The Kier molecular flexibility index (Phi) is 6.00. The number of benzene rings is 2. The third kappa shape index (κ3) is 4.87. The SMILES string of the molecule is C=C(F)CNc1ccc(NC)c(C(=N)C#Cc2ccc(Cl)cc2)c1. The second kappa shape index (κ2) is 8.19. The topological polar surface area (TPSA) is 47.9 Å². The Hall–Kier alpha value is -2.77. The first-order chi connectivity index (χ1) is 11.5. The predicted octanol–water partition coefficient (Wildman–Crippen LogP) is 4.70. The van der Waals surface area contributed by atoms with Crippen molar-refractivity contribution in [3.05, 3.63) is 71.0 Å². The molecule has 0 radical (unpaired) electrons. The van der Waals surface area contributed by atoms with Crippen molar-refractivity contribution >= 4 is 28.7 Å². The molecule has 0 aromatic heterocycles. The molecule has 0 atom stereocenters. The van der Waals surface area contributed by atoms with Gasteiger partial charge in [0.1, 0.15) is 11.5 Å². The van der Waals surface area contributed by atoms with Crippen LogP contribution >= 0.6 is 11.6 Å². The Balaban J connectivity index is 2.25. The van der Waals surface area contributed by atoms with Crippen molar-refractivity contribution in [2.24, 2.45) is 0 Å². The van der Waals surface area contributed by atoms with E-state index in [-0.39, 0.29) is 12.3 Å². The van der Waals surface area contributed by atoms with Crippen LogP contribution in [0.3, 0.4) is 0 Å². The summed E-state index contributed by atoms with van der Waals surface area (Å²) in [6.45, 7) is 3.25. The molecule has 24 heavy (non-hydrogen) atoms. The van der Waals surface area contributed by atoms with Crippen LogP contribution in [0.1, 0.15) is 11.1 Å². The molecule has 0 heterocycles. The van der Waals surface area contributed by atoms with E-state index >= 15 is 0 Å². The maximum absolute atomic E-state index is 12.8. The smallest absolute Gasteiger partial charge is 0.114 e. The first kappa shape index (κ1) is 17.6.